The van der Waals surface area contributed by atoms with E-state index in [9.17, 15) is 4.79 Å². The van der Waals surface area contributed by atoms with Gasteiger partial charge in [0.15, 0.2) is 0 Å². The van der Waals surface area contributed by atoms with Gasteiger partial charge in [0.25, 0.3) is 0 Å². The monoisotopic (exact) mass is 249 g/mol. The fraction of sp³-hybridized carbons (Fsp3) is 0.500. The van der Waals surface area contributed by atoms with E-state index in [0.29, 0.717) is 18.9 Å². The molecule has 6 heteroatoms. The summed E-state index contributed by atoms with van der Waals surface area (Å²) in [4.78, 5) is 20.0. The first-order valence-electron chi connectivity index (χ1n) is 6.08. The van der Waals surface area contributed by atoms with Gasteiger partial charge in [-0.2, -0.15) is 0 Å². The predicted octanol–water partition coefficient (Wildman–Crippen LogP) is 0.0313. The standard InChI is InChI=1S/C12H19N5O/c1-16-6-3-7-17(9-12(16)18)8-10-4-2-5-11(14-10)15-13/h2,4-5H,3,6-9,13H2,1H3,(H,14,15). The topological polar surface area (TPSA) is 74.5 Å². The molecular formula is C12H19N5O. The van der Waals surface area contributed by atoms with Crippen molar-refractivity contribution in [2.45, 2.75) is 13.0 Å². The molecule has 0 aromatic carbocycles. The van der Waals surface area contributed by atoms with E-state index in [2.05, 4.69) is 15.3 Å². The van der Waals surface area contributed by atoms with Crippen LogP contribution in [0.4, 0.5) is 5.82 Å². The van der Waals surface area contributed by atoms with Gasteiger partial charge in [0.2, 0.25) is 5.91 Å². The zero-order chi connectivity index (χ0) is 13.0. The molecule has 1 fully saturated rings. The molecule has 18 heavy (non-hydrogen) atoms. The lowest BCUT2D eigenvalue weighted by atomic mass is 10.3. The first-order valence-corrected chi connectivity index (χ1v) is 6.08. The van der Waals surface area contributed by atoms with Crippen LogP contribution in [0.1, 0.15) is 12.1 Å². The number of carbonyl (C=O) groups excluding carboxylic acids is 1. The molecule has 3 N–H and O–H groups in total. The number of amides is 1. The number of pyridine rings is 1. The number of carbonyl (C=O) groups is 1. The average molecular weight is 249 g/mol. The summed E-state index contributed by atoms with van der Waals surface area (Å²) in [6.07, 6.45) is 0.997. The van der Waals surface area contributed by atoms with Crippen LogP contribution in [0.2, 0.25) is 0 Å². The fourth-order valence-electron chi connectivity index (χ4n) is 2.06. The number of hydrogen-bond donors (Lipinski definition) is 2. The van der Waals surface area contributed by atoms with Crippen LogP contribution in [0.15, 0.2) is 18.2 Å². The van der Waals surface area contributed by atoms with Crippen LogP contribution in [0.25, 0.3) is 0 Å². The van der Waals surface area contributed by atoms with Crippen molar-refractivity contribution >= 4 is 11.7 Å². The third kappa shape index (κ3) is 3.18. The highest BCUT2D eigenvalue weighted by Gasteiger charge is 2.19. The van der Waals surface area contributed by atoms with E-state index in [1.54, 1.807) is 4.90 Å². The van der Waals surface area contributed by atoms with E-state index in [0.717, 1.165) is 25.2 Å². The van der Waals surface area contributed by atoms with E-state index in [1.807, 2.05) is 25.2 Å². The van der Waals surface area contributed by atoms with Crippen molar-refractivity contribution in [3.8, 4) is 0 Å². The van der Waals surface area contributed by atoms with Gasteiger partial charge in [-0.05, 0) is 18.6 Å². The Morgan fingerprint density at radius 3 is 3.06 bits per heavy atom. The number of nitrogens with one attached hydrogen (secondary N) is 1. The van der Waals surface area contributed by atoms with Gasteiger partial charge in [-0.1, -0.05) is 6.07 Å². The highest BCUT2D eigenvalue weighted by Crippen LogP contribution is 2.09. The van der Waals surface area contributed by atoms with Crippen molar-refractivity contribution in [2.75, 3.05) is 32.1 Å². The van der Waals surface area contributed by atoms with Crippen LogP contribution in [0.3, 0.4) is 0 Å². The van der Waals surface area contributed by atoms with Crippen LogP contribution in [0.5, 0.6) is 0 Å². The highest BCUT2D eigenvalue weighted by atomic mass is 16.2. The van der Waals surface area contributed by atoms with Gasteiger partial charge in [-0.25, -0.2) is 10.8 Å². The second-order valence-corrected chi connectivity index (χ2v) is 4.54. The summed E-state index contributed by atoms with van der Waals surface area (Å²) in [7, 11) is 1.85. The Hall–Kier alpha value is -1.66. The fourth-order valence-corrected chi connectivity index (χ4v) is 2.06. The molecule has 0 aliphatic carbocycles. The average Bonchev–Trinajstić information content (AvgIpc) is 2.52. The van der Waals surface area contributed by atoms with Gasteiger partial charge in [-0.15, -0.1) is 0 Å². The number of aromatic nitrogens is 1. The van der Waals surface area contributed by atoms with Crippen molar-refractivity contribution in [2.24, 2.45) is 5.84 Å². The lowest BCUT2D eigenvalue weighted by molar-refractivity contribution is -0.130. The van der Waals surface area contributed by atoms with Crippen molar-refractivity contribution in [3.05, 3.63) is 23.9 Å². The summed E-state index contributed by atoms with van der Waals surface area (Å²) in [5.41, 5.74) is 3.45. The van der Waals surface area contributed by atoms with E-state index in [1.165, 1.54) is 0 Å². The number of hydrogen-bond acceptors (Lipinski definition) is 5. The van der Waals surface area contributed by atoms with Gasteiger partial charge in [0.05, 0.1) is 12.2 Å². The minimum absolute atomic E-state index is 0.167. The van der Waals surface area contributed by atoms with E-state index in [4.69, 9.17) is 5.84 Å². The second kappa shape index (κ2) is 5.79. The van der Waals surface area contributed by atoms with E-state index < -0.39 is 0 Å². The maximum Gasteiger partial charge on any atom is 0.236 e. The lowest BCUT2D eigenvalue weighted by Crippen LogP contribution is -2.34. The van der Waals surface area contributed by atoms with Gasteiger partial charge >= 0.3 is 0 Å². The lowest BCUT2D eigenvalue weighted by Gasteiger charge is -2.19. The Balaban J connectivity index is 2.01. The number of nitrogens with two attached hydrogens (primary N) is 1. The molecule has 0 unspecified atom stereocenters. The number of nitrogens with zero attached hydrogens (tertiary/aromatic N) is 3. The summed E-state index contributed by atoms with van der Waals surface area (Å²) in [6.45, 7) is 2.87. The molecule has 1 aliphatic rings. The smallest absolute Gasteiger partial charge is 0.236 e. The minimum Gasteiger partial charge on any atom is -0.345 e. The molecule has 98 valence electrons. The van der Waals surface area contributed by atoms with Gasteiger partial charge in [-0.3, -0.25) is 9.69 Å². The Kier molecular flexibility index (Phi) is 4.11. The van der Waals surface area contributed by atoms with Crippen LogP contribution < -0.4 is 11.3 Å². The number of anilines is 1. The molecule has 2 heterocycles. The largest absolute Gasteiger partial charge is 0.345 e. The Labute approximate surface area is 107 Å². The molecular weight excluding hydrogens is 230 g/mol. The molecule has 0 atom stereocenters. The molecule has 0 radical (unpaired) electrons. The third-order valence-electron chi connectivity index (χ3n) is 3.09. The first-order chi connectivity index (χ1) is 8.69. The van der Waals surface area contributed by atoms with Crippen molar-refractivity contribution in [1.29, 1.82) is 0 Å². The van der Waals surface area contributed by atoms with Crippen LogP contribution in [-0.2, 0) is 11.3 Å². The zero-order valence-electron chi connectivity index (χ0n) is 10.6. The SMILES string of the molecule is CN1CCCN(Cc2cccc(NN)n2)CC1=O. The number of rotatable bonds is 3. The third-order valence-corrected chi connectivity index (χ3v) is 3.09. The molecule has 1 aromatic rings. The summed E-state index contributed by atoms with van der Waals surface area (Å²) >= 11 is 0. The predicted molar refractivity (Wildman–Crippen MR) is 69.6 cm³/mol. The van der Waals surface area contributed by atoms with Crippen LogP contribution >= 0.6 is 0 Å². The molecule has 0 saturated carbocycles. The van der Waals surface area contributed by atoms with E-state index in [-0.39, 0.29) is 5.91 Å². The Morgan fingerprint density at radius 2 is 2.28 bits per heavy atom. The highest BCUT2D eigenvalue weighted by molar-refractivity contribution is 5.78. The van der Waals surface area contributed by atoms with Crippen molar-refractivity contribution in [1.82, 2.24) is 14.8 Å². The summed E-state index contributed by atoms with van der Waals surface area (Å²) in [6, 6.07) is 5.66. The molecule has 0 bridgehead atoms. The molecule has 1 amide bonds. The number of likely N-dealkylation sites (N-methyl/N-ethyl adjacent to an activating group) is 1. The first kappa shape index (κ1) is 12.8. The molecule has 1 aliphatic heterocycles. The molecule has 1 aromatic heterocycles. The molecule has 2 rings (SSSR count). The summed E-state index contributed by atoms with van der Waals surface area (Å²) in [5.74, 6) is 6.14. The number of hydrazine groups is 1. The Morgan fingerprint density at radius 1 is 1.44 bits per heavy atom. The van der Waals surface area contributed by atoms with Gasteiger partial charge in [0, 0.05) is 26.7 Å². The Bertz CT molecular complexity index is 423. The normalized spacial score (nSPS) is 17.7. The summed E-state index contributed by atoms with van der Waals surface area (Å²) < 4.78 is 0. The minimum atomic E-state index is 0.167. The van der Waals surface area contributed by atoms with Crippen LogP contribution in [0, 0.1) is 0 Å². The number of nitrogen functional groups attached to an aromatic ring is 1. The van der Waals surface area contributed by atoms with Crippen molar-refractivity contribution in [3.63, 3.8) is 0 Å². The quantitative estimate of drug-likeness (QED) is 0.584. The van der Waals surface area contributed by atoms with Crippen LogP contribution in [-0.4, -0.2) is 47.4 Å². The maximum absolute atomic E-state index is 11.8. The van der Waals surface area contributed by atoms with E-state index >= 15 is 0 Å². The maximum atomic E-state index is 11.8. The zero-order valence-corrected chi connectivity index (χ0v) is 10.6. The second-order valence-electron chi connectivity index (χ2n) is 4.54. The molecule has 0 spiro atoms. The van der Waals surface area contributed by atoms with Crippen molar-refractivity contribution < 1.29 is 4.79 Å². The molecule has 6 nitrogen and oxygen atoms in total. The van der Waals surface area contributed by atoms with Gasteiger partial charge in [0.1, 0.15) is 5.82 Å². The summed E-state index contributed by atoms with van der Waals surface area (Å²) in [5, 5.41) is 0. The van der Waals surface area contributed by atoms with Gasteiger partial charge < -0.3 is 10.3 Å². The molecule has 1 saturated heterocycles.